The highest BCUT2D eigenvalue weighted by Gasteiger charge is 2.63. The Morgan fingerprint density at radius 1 is 1.03 bits per heavy atom. The van der Waals surface area contributed by atoms with Crippen LogP contribution in [0, 0.1) is 34.5 Å². The summed E-state index contributed by atoms with van der Waals surface area (Å²) in [5, 5.41) is 3.30. The second kappa shape index (κ2) is 9.12. The Kier molecular flexibility index (Phi) is 6.51. The standard InChI is InChI=1S/C28H39NO6S/c1-17(34-26(31)18-8-6-5-7-9-18)20-10-11-21-24-22(13-15-27(20,21)2)28(3)14-12-19(35-36(4,32)33)16-23(28)29-25(24)30/h5-9,17,19-24H,10-16H2,1-4H3,(H,29,30)/t17-,19+,20-,21+,22+,23+,24+,27-,28-/m1/s1. The molecular formula is C28H39NO6S. The first-order valence-electron chi connectivity index (χ1n) is 13.4. The van der Waals surface area contributed by atoms with Crippen molar-refractivity contribution in [3.05, 3.63) is 35.9 Å². The van der Waals surface area contributed by atoms with Crippen LogP contribution < -0.4 is 5.32 Å². The van der Waals surface area contributed by atoms with Crippen molar-refractivity contribution in [1.82, 2.24) is 5.32 Å². The van der Waals surface area contributed by atoms with Crippen molar-refractivity contribution in [3.8, 4) is 0 Å². The molecule has 0 bridgehead atoms. The van der Waals surface area contributed by atoms with Gasteiger partial charge in [0.05, 0.1) is 17.9 Å². The third-order valence-corrected chi connectivity index (χ3v) is 10.9. The molecule has 9 atom stereocenters. The predicted octanol–water partition coefficient (Wildman–Crippen LogP) is 4.32. The first-order chi connectivity index (χ1) is 16.9. The summed E-state index contributed by atoms with van der Waals surface area (Å²) >= 11 is 0. The molecule has 1 aromatic carbocycles. The van der Waals surface area contributed by atoms with E-state index in [1.165, 1.54) is 0 Å². The molecule has 198 valence electrons. The second-order valence-electron chi connectivity index (χ2n) is 12.2. The number of carbonyl (C=O) groups excluding carboxylic acids is 2. The van der Waals surface area contributed by atoms with Gasteiger partial charge in [-0.25, -0.2) is 4.79 Å². The molecule has 5 rings (SSSR count). The SMILES string of the molecule is C[C@@H](OC(=O)c1ccccc1)[C@H]1CC[C@H]2[C@@H]3C(=O)N[C@H]4C[C@@H](OS(C)(=O)=O)CC[C@]4(C)[C@H]3CC[C@]12C. The number of hydrogen-bond donors (Lipinski definition) is 1. The zero-order valence-corrected chi connectivity index (χ0v) is 22.6. The summed E-state index contributed by atoms with van der Waals surface area (Å²) in [5.74, 6) is 0.500. The lowest BCUT2D eigenvalue weighted by Gasteiger charge is -2.60. The normalized spacial score (nSPS) is 40.8. The van der Waals surface area contributed by atoms with Crippen LogP contribution in [0.4, 0.5) is 0 Å². The average Bonchev–Trinajstić information content (AvgIpc) is 3.17. The molecule has 1 N–H and O–H groups in total. The Balaban J connectivity index is 1.32. The summed E-state index contributed by atoms with van der Waals surface area (Å²) in [6.07, 6.45) is 6.45. The number of ether oxygens (including phenoxy) is 1. The summed E-state index contributed by atoms with van der Waals surface area (Å²) in [7, 11) is -3.53. The van der Waals surface area contributed by atoms with Gasteiger partial charge < -0.3 is 10.1 Å². The van der Waals surface area contributed by atoms with Crippen LogP contribution in [0.5, 0.6) is 0 Å². The van der Waals surface area contributed by atoms with E-state index < -0.39 is 10.1 Å². The zero-order chi connectivity index (χ0) is 25.9. The van der Waals surface area contributed by atoms with Gasteiger partial charge in [-0.05, 0) is 86.7 Å². The van der Waals surface area contributed by atoms with Crippen molar-refractivity contribution < 1.29 is 26.9 Å². The lowest BCUT2D eigenvalue weighted by molar-refractivity contribution is -0.158. The Morgan fingerprint density at radius 3 is 2.39 bits per heavy atom. The van der Waals surface area contributed by atoms with Crippen molar-refractivity contribution >= 4 is 22.0 Å². The minimum atomic E-state index is -3.53. The van der Waals surface area contributed by atoms with E-state index in [0.29, 0.717) is 18.4 Å². The molecule has 0 spiro atoms. The van der Waals surface area contributed by atoms with Gasteiger partial charge in [-0.1, -0.05) is 32.0 Å². The number of nitrogens with one attached hydrogen (secondary N) is 1. The molecule has 1 aromatic rings. The van der Waals surface area contributed by atoms with Gasteiger partial charge in [-0.3, -0.25) is 8.98 Å². The molecule has 36 heavy (non-hydrogen) atoms. The summed E-state index contributed by atoms with van der Waals surface area (Å²) in [4.78, 5) is 26.3. The van der Waals surface area contributed by atoms with Crippen LogP contribution in [0.1, 0.15) is 76.1 Å². The lowest BCUT2D eigenvalue weighted by Crippen LogP contribution is -2.66. The fraction of sp³-hybridized carbons (Fsp3) is 0.714. The van der Waals surface area contributed by atoms with E-state index in [-0.39, 0.29) is 64.6 Å². The Morgan fingerprint density at radius 2 is 1.69 bits per heavy atom. The number of carbonyl (C=O) groups is 2. The number of benzene rings is 1. The predicted molar refractivity (Wildman–Crippen MR) is 135 cm³/mol. The van der Waals surface area contributed by atoms with E-state index in [4.69, 9.17) is 8.92 Å². The molecule has 8 heteroatoms. The third-order valence-electron chi connectivity index (χ3n) is 10.3. The van der Waals surface area contributed by atoms with Crippen LogP contribution in [0.2, 0.25) is 0 Å². The molecule has 1 saturated heterocycles. The molecule has 0 aromatic heterocycles. The maximum absolute atomic E-state index is 13.6. The minimum absolute atomic E-state index is 0.0561. The van der Waals surface area contributed by atoms with Crippen LogP contribution in [0.15, 0.2) is 30.3 Å². The second-order valence-corrected chi connectivity index (χ2v) is 13.8. The molecule has 0 radical (unpaired) electrons. The summed E-state index contributed by atoms with van der Waals surface area (Å²) in [5.41, 5.74) is 0.434. The first kappa shape index (κ1) is 25.7. The maximum Gasteiger partial charge on any atom is 0.338 e. The molecule has 4 fully saturated rings. The van der Waals surface area contributed by atoms with Crippen molar-refractivity contribution in [2.45, 2.75) is 84.0 Å². The molecule has 3 saturated carbocycles. The van der Waals surface area contributed by atoms with Gasteiger partial charge >= 0.3 is 5.97 Å². The van der Waals surface area contributed by atoms with Gasteiger partial charge in [0, 0.05) is 17.9 Å². The number of amides is 1. The number of esters is 1. The van der Waals surface area contributed by atoms with Crippen molar-refractivity contribution in [3.63, 3.8) is 0 Å². The molecule has 0 unspecified atom stereocenters. The Hall–Kier alpha value is -1.93. The Labute approximate surface area is 214 Å². The Bertz CT molecular complexity index is 1120. The van der Waals surface area contributed by atoms with E-state index in [0.717, 1.165) is 38.4 Å². The van der Waals surface area contributed by atoms with Crippen LogP contribution in [0.25, 0.3) is 0 Å². The zero-order valence-electron chi connectivity index (χ0n) is 21.7. The molecule has 1 aliphatic heterocycles. The van der Waals surface area contributed by atoms with Crippen LogP contribution in [-0.2, 0) is 23.8 Å². The number of hydrogen-bond acceptors (Lipinski definition) is 6. The first-order valence-corrected chi connectivity index (χ1v) is 15.2. The van der Waals surface area contributed by atoms with Crippen LogP contribution >= 0.6 is 0 Å². The van der Waals surface area contributed by atoms with E-state index in [1.54, 1.807) is 12.1 Å². The summed E-state index contributed by atoms with van der Waals surface area (Å²) < 4.78 is 34.6. The van der Waals surface area contributed by atoms with Gasteiger partial charge in [0.2, 0.25) is 5.91 Å². The highest BCUT2D eigenvalue weighted by Crippen LogP contribution is 2.65. The fourth-order valence-electron chi connectivity index (χ4n) is 8.52. The molecule has 4 aliphatic rings. The lowest BCUT2D eigenvalue weighted by atomic mass is 9.48. The summed E-state index contributed by atoms with van der Waals surface area (Å²) in [6, 6.07) is 9.04. The maximum atomic E-state index is 13.6. The van der Waals surface area contributed by atoms with E-state index in [9.17, 15) is 18.0 Å². The monoisotopic (exact) mass is 517 g/mol. The smallest absolute Gasteiger partial charge is 0.338 e. The number of fused-ring (bicyclic) bond motifs is 5. The van der Waals surface area contributed by atoms with Crippen molar-refractivity contribution in [1.29, 1.82) is 0 Å². The van der Waals surface area contributed by atoms with Crippen molar-refractivity contribution in [2.75, 3.05) is 6.26 Å². The van der Waals surface area contributed by atoms with Gasteiger partial charge in [-0.15, -0.1) is 0 Å². The van der Waals surface area contributed by atoms with E-state index >= 15 is 0 Å². The van der Waals surface area contributed by atoms with Crippen molar-refractivity contribution in [2.24, 2.45) is 34.5 Å². The van der Waals surface area contributed by atoms with Gasteiger partial charge in [0.25, 0.3) is 10.1 Å². The molecule has 1 amide bonds. The van der Waals surface area contributed by atoms with Gasteiger partial charge in [0.15, 0.2) is 0 Å². The highest BCUT2D eigenvalue weighted by molar-refractivity contribution is 7.86. The molecule has 3 aliphatic carbocycles. The fourth-order valence-corrected chi connectivity index (χ4v) is 9.19. The third kappa shape index (κ3) is 4.38. The molecule has 7 nitrogen and oxygen atoms in total. The molecule has 1 heterocycles. The summed E-state index contributed by atoms with van der Waals surface area (Å²) in [6.45, 7) is 6.59. The number of piperidine rings is 1. The largest absolute Gasteiger partial charge is 0.459 e. The average molecular weight is 518 g/mol. The van der Waals surface area contributed by atoms with E-state index in [2.05, 4.69) is 19.2 Å². The minimum Gasteiger partial charge on any atom is -0.459 e. The van der Waals surface area contributed by atoms with Gasteiger partial charge in [0.1, 0.15) is 6.10 Å². The topological polar surface area (TPSA) is 98.8 Å². The molecular weight excluding hydrogens is 478 g/mol. The quantitative estimate of drug-likeness (QED) is 0.461. The number of rotatable bonds is 5. The van der Waals surface area contributed by atoms with Crippen LogP contribution in [-0.4, -0.2) is 44.8 Å². The van der Waals surface area contributed by atoms with Gasteiger partial charge in [-0.2, -0.15) is 8.42 Å². The van der Waals surface area contributed by atoms with Crippen LogP contribution in [0.3, 0.4) is 0 Å². The van der Waals surface area contributed by atoms with E-state index in [1.807, 2.05) is 25.1 Å². The highest BCUT2D eigenvalue weighted by atomic mass is 32.2.